The number of nitrogens with zero attached hydrogens (tertiary/aromatic N) is 2. The van der Waals surface area contributed by atoms with Crippen LogP contribution in [0, 0.1) is 0 Å². The molecular weight excluding hydrogens is 453 g/mol. The summed E-state index contributed by atoms with van der Waals surface area (Å²) in [5.74, 6) is -0.753. The Hall–Kier alpha value is -3.00. The molecule has 166 valence electrons. The van der Waals surface area contributed by atoms with Gasteiger partial charge >= 0.3 is 5.97 Å². The monoisotopic (exact) mass is 473 g/mol. The molecule has 0 aliphatic heterocycles. The van der Waals surface area contributed by atoms with E-state index in [1.165, 1.54) is 13.2 Å². The third kappa shape index (κ3) is 5.82. The van der Waals surface area contributed by atoms with Gasteiger partial charge in [-0.25, -0.2) is 4.79 Å². The molecule has 1 aromatic heterocycles. The maximum atomic E-state index is 12.6. The Bertz CT molecular complexity index is 1110. The summed E-state index contributed by atoms with van der Waals surface area (Å²) >= 11 is 11.9. The lowest BCUT2D eigenvalue weighted by Crippen LogP contribution is -2.27. The van der Waals surface area contributed by atoms with Gasteiger partial charge in [0.05, 0.1) is 39.6 Å². The molecule has 2 aromatic carbocycles. The predicted octanol–water partition coefficient (Wildman–Crippen LogP) is 4.74. The van der Waals surface area contributed by atoms with E-state index in [0.717, 1.165) is 5.56 Å². The van der Waals surface area contributed by atoms with E-state index in [-0.39, 0.29) is 12.5 Å². The predicted molar refractivity (Wildman–Crippen MR) is 122 cm³/mol. The van der Waals surface area contributed by atoms with Gasteiger partial charge < -0.3 is 14.8 Å². The molecule has 0 fully saturated rings. The molecule has 0 spiro atoms. The van der Waals surface area contributed by atoms with E-state index in [2.05, 4.69) is 15.3 Å². The number of amides is 1. The van der Waals surface area contributed by atoms with Crippen molar-refractivity contribution in [1.82, 2.24) is 15.3 Å². The molecule has 1 atom stereocenters. The molecule has 1 amide bonds. The van der Waals surface area contributed by atoms with Gasteiger partial charge in [0.2, 0.25) is 0 Å². The van der Waals surface area contributed by atoms with Crippen molar-refractivity contribution in [2.75, 3.05) is 20.3 Å². The van der Waals surface area contributed by atoms with Crippen LogP contribution in [-0.2, 0) is 9.47 Å². The minimum atomic E-state index is -0.445. The molecule has 7 nitrogen and oxygen atoms in total. The largest absolute Gasteiger partial charge is 0.460 e. The fourth-order valence-corrected chi connectivity index (χ4v) is 3.24. The van der Waals surface area contributed by atoms with Crippen LogP contribution in [0.25, 0.3) is 11.3 Å². The zero-order valence-corrected chi connectivity index (χ0v) is 19.0. The van der Waals surface area contributed by atoms with E-state index in [1.54, 1.807) is 48.8 Å². The Labute approximate surface area is 195 Å². The summed E-state index contributed by atoms with van der Waals surface area (Å²) < 4.78 is 9.99. The molecule has 0 saturated heterocycles. The average molecular weight is 474 g/mol. The molecule has 0 radical (unpaired) electrons. The van der Waals surface area contributed by atoms with Crippen molar-refractivity contribution >= 4 is 35.1 Å². The fourth-order valence-electron chi connectivity index (χ4n) is 2.94. The molecular formula is C23H21Cl2N3O4. The highest BCUT2D eigenvalue weighted by Crippen LogP contribution is 2.26. The molecule has 32 heavy (non-hydrogen) atoms. The Kier molecular flexibility index (Phi) is 8.16. The maximum absolute atomic E-state index is 12.6. The van der Waals surface area contributed by atoms with Crippen molar-refractivity contribution in [2.45, 2.75) is 13.0 Å². The maximum Gasteiger partial charge on any atom is 0.338 e. The van der Waals surface area contributed by atoms with Gasteiger partial charge in [-0.2, -0.15) is 0 Å². The van der Waals surface area contributed by atoms with Gasteiger partial charge in [-0.05, 0) is 37.3 Å². The van der Waals surface area contributed by atoms with E-state index in [9.17, 15) is 9.59 Å². The molecule has 9 heteroatoms. The van der Waals surface area contributed by atoms with Gasteiger partial charge in [0.25, 0.3) is 5.91 Å². The van der Waals surface area contributed by atoms with Crippen molar-refractivity contribution in [3.8, 4) is 11.3 Å². The number of hydrogen-bond acceptors (Lipinski definition) is 6. The zero-order valence-electron chi connectivity index (χ0n) is 17.5. The van der Waals surface area contributed by atoms with Crippen LogP contribution in [0.1, 0.15) is 39.4 Å². The highest BCUT2D eigenvalue weighted by atomic mass is 35.5. The van der Waals surface area contributed by atoms with Gasteiger partial charge in [-0.3, -0.25) is 14.8 Å². The molecule has 0 aliphatic rings. The van der Waals surface area contributed by atoms with E-state index in [4.69, 9.17) is 32.7 Å². The van der Waals surface area contributed by atoms with Crippen molar-refractivity contribution in [2.24, 2.45) is 0 Å². The Balaban J connectivity index is 1.77. The summed E-state index contributed by atoms with van der Waals surface area (Å²) in [7, 11) is 1.54. The molecule has 3 rings (SSSR count). The minimum Gasteiger partial charge on any atom is -0.460 e. The van der Waals surface area contributed by atoms with Crippen molar-refractivity contribution in [3.05, 3.63) is 81.7 Å². The highest BCUT2D eigenvalue weighted by molar-refractivity contribution is 6.42. The van der Waals surface area contributed by atoms with Crippen LogP contribution < -0.4 is 5.32 Å². The quantitative estimate of drug-likeness (QED) is 0.375. The normalized spacial score (nSPS) is 11.6. The first-order valence-electron chi connectivity index (χ1n) is 9.74. The number of nitrogens with one attached hydrogen (secondary N) is 1. The number of methoxy groups -OCH3 is 1. The molecule has 3 aromatic rings. The van der Waals surface area contributed by atoms with Crippen LogP contribution in [0.2, 0.25) is 10.0 Å². The van der Waals surface area contributed by atoms with E-state index >= 15 is 0 Å². The topological polar surface area (TPSA) is 90.4 Å². The first kappa shape index (κ1) is 23.7. The second kappa shape index (κ2) is 11.0. The summed E-state index contributed by atoms with van der Waals surface area (Å²) in [5.41, 5.74) is 2.71. The number of halogens is 2. The summed E-state index contributed by atoms with van der Waals surface area (Å²) in [4.78, 5) is 33.6. The van der Waals surface area contributed by atoms with Crippen LogP contribution in [0.15, 0.2) is 54.9 Å². The summed E-state index contributed by atoms with van der Waals surface area (Å²) in [6, 6.07) is 11.1. The second-order valence-electron chi connectivity index (χ2n) is 6.82. The van der Waals surface area contributed by atoms with E-state index in [1.807, 2.05) is 6.92 Å². The zero-order chi connectivity index (χ0) is 23.1. The van der Waals surface area contributed by atoms with Crippen LogP contribution in [0.4, 0.5) is 0 Å². The van der Waals surface area contributed by atoms with Crippen LogP contribution in [0.5, 0.6) is 0 Å². The number of esters is 1. The third-order valence-corrected chi connectivity index (χ3v) is 5.32. The Morgan fingerprint density at radius 3 is 2.34 bits per heavy atom. The third-order valence-electron chi connectivity index (χ3n) is 4.58. The first-order valence-corrected chi connectivity index (χ1v) is 10.5. The number of aromatic nitrogens is 2. The number of carbonyl (C=O) groups is 2. The summed E-state index contributed by atoms with van der Waals surface area (Å²) in [5, 5.41) is 3.57. The first-order chi connectivity index (χ1) is 15.4. The summed E-state index contributed by atoms with van der Waals surface area (Å²) in [6.45, 7) is 2.32. The number of ether oxygens (including phenoxy) is 2. The molecule has 1 N–H and O–H groups in total. The standard InChI is InChI=1S/C23H21Cl2N3O4/c1-14(28-22(29)17-7-8-18(24)19(25)13-17)20-21(27-10-9-26-20)15-3-5-16(6-4-15)23(30)32-12-11-31-2/h3-10,13-14H,11-12H2,1-2H3,(H,28,29)/t14-/m1/s1. The fraction of sp³-hybridized carbons (Fsp3) is 0.217. The van der Waals surface area contributed by atoms with Crippen LogP contribution in [0.3, 0.4) is 0 Å². The number of carbonyl (C=O) groups excluding carboxylic acids is 2. The van der Waals surface area contributed by atoms with Gasteiger partial charge in [-0.1, -0.05) is 35.3 Å². The SMILES string of the molecule is COCCOC(=O)c1ccc(-c2nccnc2[C@@H](C)NC(=O)c2ccc(Cl)c(Cl)c2)cc1. The highest BCUT2D eigenvalue weighted by Gasteiger charge is 2.19. The smallest absolute Gasteiger partial charge is 0.338 e. The number of rotatable bonds is 8. The molecule has 1 heterocycles. The van der Waals surface area contributed by atoms with Crippen molar-refractivity contribution < 1.29 is 19.1 Å². The van der Waals surface area contributed by atoms with E-state index in [0.29, 0.717) is 39.2 Å². The van der Waals surface area contributed by atoms with Gasteiger partial charge in [-0.15, -0.1) is 0 Å². The second-order valence-corrected chi connectivity index (χ2v) is 7.63. The molecule has 0 bridgehead atoms. The lowest BCUT2D eigenvalue weighted by Gasteiger charge is -2.17. The van der Waals surface area contributed by atoms with Gasteiger partial charge in [0.15, 0.2) is 0 Å². The van der Waals surface area contributed by atoms with Crippen LogP contribution in [-0.4, -0.2) is 42.2 Å². The number of benzene rings is 2. The van der Waals surface area contributed by atoms with Crippen LogP contribution >= 0.6 is 23.2 Å². The molecule has 0 saturated carbocycles. The summed E-state index contributed by atoms with van der Waals surface area (Å²) in [6.07, 6.45) is 3.13. The molecule has 0 unspecified atom stereocenters. The van der Waals surface area contributed by atoms with E-state index < -0.39 is 12.0 Å². The lowest BCUT2D eigenvalue weighted by molar-refractivity contribution is 0.0388. The van der Waals surface area contributed by atoms with Crippen molar-refractivity contribution in [3.63, 3.8) is 0 Å². The average Bonchev–Trinajstić information content (AvgIpc) is 2.81. The Morgan fingerprint density at radius 2 is 1.66 bits per heavy atom. The van der Waals surface area contributed by atoms with Gasteiger partial charge in [0.1, 0.15) is 6.61 Å². The minimum absolute atomic E-state index is 0.182. The number of hydrogen-bond donors (Lipinski definition) is 1. The lowest BCUT2D eigenvalue weighted by atomic mass is 10.0. The molecule has 0 aliphatic carbocycles. The Morgan fingerprint density at radius 1 is 0.969 bits per heavy atom. The van der Waals surface area contributed by atoms with Crippen molar-refractivity contribution in [1.29, 1.82) is 0 Å². The van der Waals surface area contributed by atoms with Gasteiger partial charge in [0, 0.05) is 30.6 Å².